The van der Waals surface area contributed by atoms with Gasteiger partial charge in [-0.1, -0.05) is 6.07 Å². The van der Waals surface area contributed by atoms with Gasteiger partial charge in [-0.25, -0.2) is 10.2 Å². The summed E-state index contributed by atoms with van der Waals surface area (Å²) in [6, 6.07) is 2.65. The number of primary amides is 1. The van der Waals surface area contributed by atoms with Gasteiger partial charge in [0.25, 0.3) is 0 Å². The minimum absolute atomic E-state index is 0.128. The van der Waals surface area contributed by atoms with Gasteiger partial charge in [-0.15, -0.1) is 11.3 Å². The number of esters is 2. The molecule has 1 fully saturated rings. The number of hydrogen-bond donors (Lipinski definition) is 3. The molecule has 1 saturated carbocycles. The largest absolute Gasteiger partial charge is 0.466 e. The summed E-state index contributed by atoms with van der Waals surface area (Å²) in [6.07, 6.45) is -0.137. The fourth-order valence-electron chi connectivity index (χ4n) is 3.57. The Bertz CT molecular complexity index is 747. The van der Waals surface area contributed by atoms with Crippen molar-refractivity contribution in [3.63, 3.8) is 0 Å². The number of nitrogens with zero attached hydrogens (tertiary/aromatic N) is 1. The maximum Gasteiger partial charge on any atom is 0.332 e. The second-order valence-corrected chi connectivity index (χ2v) is 7.59. The molecule has 154 valence electrons. The number of thiophene rings is 1. The molecule has 4 unspecified atom stereocenters. The summed E-state index contributed by atoms with van der Waals surface area (Å²) < 4.78 is 10.4. The normalized spacial score (nSPS) is 28.6. The van der Waals surface area contributed by atoms with Gasteiger partial charge in [-0.2, -0.15) is 5.10 Å². The van der Waals surface area contributed by atoms with E-state index in [2.05, 4.69) is 10.5 Å². The summed E-state index contributed by atoms with van der Waals surface area (Å²) in [5.41, 5.74) is 5.82. The number of nitrogens with two attached hydrogens (primary N) is 1. The topological polar surface area (TPSA) is 140 Å². The van der Waals surface area contributed by atoms with Crippen molar-refractivity contribution in [3.8, 4) is 0 Å². The minimum atomic E-state index is -1.57. The van der Waals surface area contributed by atoms with Gasteiger partial charge < -0.3 is 20.3 Å². The lowest BCUT2D eigenvalue weighted by Gasteiger charge is -2.44. The quantitative estimate of drug-likeness (QED) is 0.477. The first-order valence-electron chi connectivity index (χ1n) is 8.93. The number of rotatable bonds is 6. The van der Waals surface area contributed by atoms with Gasteiger partial charge in [0.05, 0.1) is 30.4 Å². The molecule has 9 nitrogen and oxygen atoms in total. The highest BCUT2D eigenvalue weighted by Gasteiger charge is 2.56. The predicted octanol–water partition coefficient (Wildman–Crippen LogP) is 1.37. The van der Waals surface area contributed by atoms with E-state index in [-0.39, 0.29) is 25.3 Å². The van der Waals surface area contributed by atoms with Crippen molar-refractivity contribution in [1.82, 2.24) is 5.43 Å². The van der Waals surface area contributed by atoms with Crippen LogP contribution >= 0.6 is 11.3 Å². The van der Waals surface area contributed by atoms with Crippen LogP contribution in [-0.4, -0.2) is 47.6 Å². The number of urea groups is 1. The van der Waals surface area contributed by atoms with Crippen molar-refractivity contribution in [2.75, 3.05) is 13.2 Å². The van der Waals surface area contributed by atoms with E-state index >= 15 is 0 Å². The molecule has 10 heteroatoms. The number of hydrogen-bond acceptors (Lipinski definition) is 8. The average molecular weight is 411 g/mol. The van der Waals surface area contributed by atoms with E-state index in [9.17, 15) is 19.5 Å². The Balaban J connectivity index is 2.62. The summed E-state index contributed by atoms with van der Waals surface area (Å²) in [7, 11) is 0. The van der Waals surface area contributed by atoms with E-state index in [4.69, 9.17) is 15.2 Å². The molecule has 1 aliphatic rings. The van der Waals surface area contributed by atoms with E-state index in [0.29, 0.717) is 4.88 Å². The molecule has 1 aromatic heterocycles. The summed E-state index contributed by atoms with van der Waals surface area (Å²) in [5.74, 6) is -3.98. The Morgan fingerprint density at radius 3 is 2.50 bits per heavy atom. The van der Waals surface area contributed by atoms with Gasteiger partial charge in [-0.05, 0) is 32.2 Å². The third kappa shape index (κ3) is 4.68. The van der Waals surface area contributed by atoms with E-state index in [1.54, 1.807) is 26.0 Å². The Morgan fingerprint density at radius 1 is 1.32 bits per heavy atom. The summed E-state index contributed by atoms with van der Waals surface area (Å²) in [5, 5.41) is 16.8. The van der Waals surface area contributed by atoms with Crippen LogP contribution in [0.1, 0.15) is 38.0 Å². The average Bonchev–Trinajstić information content (AvgIpc) is 3.13. The zero-order chi connectivity index (χ0) is 20.9. The van der Waals surface area contributed by atoms with E-state index < -0.39 is 41.3 Å². The molecule has 0 radical (unpaired) electrons. The summed E-state index contributed by atoms with van der Waals surface area (Å²) in [6.45, 7) is 5.08. The van der Waals surface area contributed by atoms with Crippen LogP contribution in [0.5, 0.6) is 0 Å². The molecule has 1 aliphatic carbocycles. The van der Waals surface area contributed by atoms with Gasteiger partial charge in [0, 0.05) is 17.2 Å². The van der Waals surface area contributed by atoms with Gasteiger partial charge in [0.15, 0.2) is 0 Å². The monoisotopic (exact) mass is 411 g/mol. The number of nitrogens with one attached hydrogen (secondary N) is 1. The zero-order valence-electron chi connectivity index (χ0n) is 16.0. The highest BCUT2D eigenvalue weighted by atomic mass is 32.1. The smallest absolute Gasteiger partial charge is 0.332 e. The number of amides is 2. The third-order valence-electron chi connectivity index (χ3n) is 4.55. The maximum atomic E-state index is 12.8. The SMILES string of the molecule is CCOC(=O)C1C(=NNC(N)=O)CC(C)(O)C(C(=O)OCC)C1c1cccs1. The first-order chi connectivity index (χ1) is 13.2. The first-order valence-corrected chi connectivity index (χ1v) is 9.81. The molecule has 0 aromatic carbocycles. The highest BCUT2D eigenvalue weighted by molar-refractivity contribution is 7.10. The molecule has 4 atom stereocenters. The Morgan fingerprint density at radius 2 is 1.96 bits per heavy atom. The molecule has 2 amide bonds. The lowest BCUT2D eigenvalue weighted by molar-refractivity contribution is -0.163. The van der Waals surface area contributed by atoms with Crippen LogP contribution in [0.3, 0.4) is 0 Å². The Kier molecular flexibility index (Phi) is 7.14. The molecule has 1 heterocycles. The van der Waals surface area contributed by atoms with Crippen molar-refractivity contribution in [2.45, 2.75) is 38.7 Å². The third-order valence-corrected chi connectivity index (χ3v) is 5.52. The zero-order valence-corrected chi connectivity index (χ0v) is 16.8. The van der Waals surface area contributed by atoms with E-state index in [0.717, 1.165) is 0 Å². The first kappa shape index (κ1) is 21.8. The van der Waals surface area contributed by atoms with Crippen LogP contribution in [0.2, 0.25) is 0 Å². The minimum Gasteiger partial charge on any atom is -0.466 e. The molecular formula is C18H25N3O6S. The number of hydrazone groups is 1. The molecule has 0 spiro atoms. The molecule has 0 saturated heterocycles. The lowest BCUT2D eigenvalue weighted by atomic mass is 9.63. The van der Waals surface area contributed by atoms with Crippen molar-refractivity contribution < 1.29 is 29.0 Å². The second kappa shape index (κ2) is 9.16. The van der Waals surface area contributed by atoms with E-state index in [1.165, 1.54) is 18.3 Å². The number of aliphatic hydroxyl groups is 1. The van der Waals surface area contributed by atoms with Crippen molar-refractivity contribution >= 4 is 35.0 Å². The molecule has 1 aromatic rings. The van der Waals surface area contributed by atoms with Crippen LogP contribution in [0, 0.1) is 11.8 Å². The predicted molar refractivity (Wildman–Crippen MR) is 103 cm³/mol. The maximum absolute atomic E-state index is 12.8. The van der Waals surface area contributed by atoms with E-state index in [1.807, 2.05) is 5.38 Å². The summed E-state index contributed by atoms with van der Waals surface area (Å²) in [4.78, 5) is 37.4. The molecule has 4 N–H and O–H groups in total. The van der Waals surface area contributed by atoms with Gasteiger partial charge in [0.2, 0.25) is 0 Å². The lowest BCUT2D eigenvalue weighted by Crippen LogP contribution is -2.55. The number of carbonyl (C=O) groups is 3. The molecule has 28 heavy (non-hydrogen) atoms. The van der Waals surface area contributed by atoms with Crippen molar-refractivity contribution in [2.24, 2.45) is 22.7 Å². The Labute approximate surface area is 166 Å². The van der Waals surface area contributed by atoms with Crippen LogP contribution < -0.4 is 11.2 Å². The second-order valence-electron chi connectivity index (χ2n) is 6.61. The van der Waals surface area contributed by atoms with Gasteiger partial charge in [-0.3, -0.25) is 9.59 Å². The number of carbonyl (C=O) groups excluding carboxylic acids is 3. The summed E-state index contributed by atoms with van der Waals surface area (Å²) >= 11 is 1.34. The van der Waals surface area contributed by atoms with Crippen LogP contribution in [0.15, 0.2) is 22.6 Å². The molecule has 0 aliphatic heterocycles. The standard InChI is InChI=1S/C18H25N3O6S/c1-4-26-15(22)12-10(20-21-17(19)24)9-18(3,25)14(16(23)27-5-2)13(12)11-7-6-8-28-11/h6-8,12-14,25H,4-5,9H2,1-3H3,(H3,19,21,24). The van der Waals surface area contributed by atoms with Crippen molar-refractivity contribution in [3.05, 3.63) is 22.4 Å². The van der Waals surface area contributed by atoms with Crippen molar-refractivity contribution in [1.29, 1.82) is 0 Å². The van der Waals surface area contributed by atoms with Gasteiger partial charge in [0.1, 0.15) is 5.92 Å². The highest BCUT2D eigenvalue weighted by Crippen LogP contribution is 2.48. The fourth-order valence-corrected chi connectivity index (χ4v) is 4.47. The Hall–Kier alpha value is -2.46. The fraction of sp³-hybridized carbons (Fsp3) is 0.556. The van der Waals surface area contributed by atoms with Crippen LogP contribution in [0.25, 0.3) is 0 Å². The molecule has 0 bridgehead atoms. The molecule has 2 rings (SSSR count). The van der Waals surface area contributed by atoms with Crippen LogP contribution in [-0.2, 0) is 19.1 Å². The number of ether oxygens (including phenoxy) is 2. The van der Waals surface area contributed by atoms with Crippen LogP contribution in [0.4, 0.5) is 4.79 Å². The molecular weight excluding hydrogens is 386 g/mol. The van der Waals surface area contributed by atoms with Gasteiger partial charge >= 0.3 is 18.0 Å².